The number of carbonyl (C=O) groups excluding carboxylic acids is 4. The summed E-state index contributed by atoms with van der Waals surface area (Å²) in [7, 11) is 0. The third-order valence-electron chi connectivity index (χ3n) is 4.81. The number of hydrogen-bond donors (Lipinski definition) is 0. The van der Waals surface area contributed by atoms with Crippen LogP contribution in [0, 0.1) is 0 Å². The summed E-state index contributed by atoms with van der Waals surface area (Å²) in [6.07, 6.45) is -5.88. The number of rotatable bonds is 7. The van der Waals surface area contributed by atoms with Gasteiger partial charge in [-0.2, -0.15) is 0 Å². The number of esters is 4. The maximum Gasteiger partial charge on any atom is 0.338 e. The first-order chi connectivity index (χ1) is 15.8. The fourth-order valence-corrected chi connectivity index (χ4v) is 3.38. The van der Waals surface area contributed by atoms with Crippen LogP contribution in [0.15, 0.2) is 60.7 Å². The van der Waals surface area contributed by atoms with Crippen LogP contribution < -0.4 is 0 Å². The molecule has 0 aromatic heterocycles. The van der Waals surface area contributed by atoms with Crippen molar-refractivity contribution < 1.29 is 42.9 Å². The van der Waals surface area contributed by atoms with Crippen LogP contribution in [0.2, 0.25) is 0 Å². The topological polar surface area (TPSA) is 114 Å². The molecule has 0 bridgehead atoms. The molecule has 1 aliphatic heterocycles. The van der Waals surface area contributed by atoms with Gasteiger partial charge in [0.25, 0.3) is 0 Å². The summed E-state index contributed by atoms with van der Waals surface area (Å²) in [5.74, 6) is -2.73. The first-order valence-electron chi connectivity index (χ1n) is 10.3. The van der Waals surface area contributed by atoms with Crippen molar-refractivity contribution in [1.82, 2.24) is 0 Å². The lowest BCUT2D eigenvalue weighted by molar-refractivity contribution is -0.198. The third kappa shape index (κ3) is 6.17. The van der Waals surface area contributed by atoms with E-state index in [2.05, 4.69) is 0 Å². The van der Waals surface area contributed by atoms with Crippen LogP contribution in [-0.4, -0.2) is 54.6 Å². The Morgan fingerprint density at radius 2 is 1.24 bits per heavy atom. The van der Waals surface area contributed by atoms with E-state index >= 15 is 0 Å². The van der Waals surface area contributed by atoms with Crippen molar-refractivity contribution in [3.8, 4) is 0 Å². The average Bonchev–Trinajstić information content (AvgIpc) is 3.10. The van der Waals surface area contributed by atoms with Crippen molar-refractivity contribution in [2.45, 2.75) is 51.5 Å². The Hall–Kier alpha value is -3.72. The van der Waals surface area contributed by atoms with Crippen LogP contribution in [0.1, 0.15) is 41.5 Å². The van der Waals surface area contributed by atoms with E-state index in [9.17, 15) is 19.2 Å². The highest BCUT2D eigenvalue weighted by Crippen LogP contribution is 2.32. The molecule has 3 rings (SSSR count). The third-order valence-corrected chi connectivity index (χ3v) is 4.81. The molecule has 0 saturated carbocycles. The second-order valence-corrected chi connectivity index (χ2v) is 7.36. The van der Waals surface area contributed by atoms with Crippen molar-refractivity contribution in [3.05, 3.63) is 71.8 Å². The minimum atomic E-state index is -1.36. The molecule has 0 amide bonds. The van der Waals surface area contributed by atoms with Crippen LogP contribution in [0.5, 0.6) is 0 Å². The first kappa shape index (κ1) is 23.9. The summed E-state index contributed by atoms with van der Waals surface area (Å²) in [4.78, 5) is 48.6. The van der Waals surface area contributed by atoms with Crippen molar-refractivity contribution in [2.24, 2.45) is 0 Å². The number of benzene rings is 2. The number of ether oxygens (including phenoxy) is 5. The second-order valence-electron chi connectivity index (χ2n) is 7.36. The summed E-state index contributed by atoms with van der Waals surface area (Å²) in [5.41, 5.74) is 0.566. The molecule has 0 unspecified atom stereocenters. The lowest BCUT2D eigenvalue weighted by Gasteiger charge is -2.26. The Balaban J connectivity index is 1.86. The molecule has 0 radical (unpaired) electrons. The summed E-state index contributed by atoms with van der Waals surface area (Å²) in [6.45, 7) is 3.86. The van der Waals surface area contributed by atoms with E-state index in [1.165, 1.54) is 6.92 Å². The SMILES string of the molecule is CC(=O)O[C@@H]1O[C@H]([C@@H](C)OC(=O)c2ccccc2)[C@@H](OC(=O)c2ccccc2)[C@H]1OC(C)=O. The van der Waals surface area contributed by atoms with Crippen LogP contribution in [-0.2, 0) is 33.3 Å². The molecule has 1 saturated heterocycles. The molecule has 33 heavy (non-hydrogen) atoms. The van der Waals surface area contributed by atoms with Gasteiger partial charge in [0, 0.05) is 13.8 Å². The van der Waals surface area contributed by atoms with Crippen molar-refractivity contribution in [2.75, 3.05) is 0 Å². The average molecular weight is 456 g/mol. The zero-order valence-electron chi connectivity index (χ0n) is 18.3. The Labute approximate surface area is 190 Å². The van der Waals surface area contributed by atoms with Gasteiger partial charge in [0.2, 0.25) is 12.4 Å². The summed E-state index contributed by atoms with van der Waals surface area (Å²) in [5, 5.41) is 0. The van der Waals surface area contributed by atoms with E-state index in [1.807, 2.05) is 0 Å². The quantitative estimate of drug-likeness (QED) is 0.458. The van der Waals surface area contributed by atoms with Gasteiger partial charge in [-0.05, 0) is 31.2 Å². The number of carbonyl (C=O) groups is 4. The fraction of sp³-hybridized carbons (Fsp3) is 0.333. The number of hydrogen-bond acceptors (Lipinski definition) is 9. The van der Waals surface area contributed by atoms with E-state index in [0.717, 1.165) is 13.8 Å². The highest BCUT2D eigenvalue weighted by molar-refractivity contribution is 5.90. The summed E-state index contributed by atoms with van der Waals surface area (Å²) in [6, 6.07) is 16.5. The molecule has 2 aromatic rings. The minimum Gasteiger partial charge on any atom is -0.456 e. The predicted molar refractivity (Wildman–Crippen MR) is 113 cm³/mol. The molecular weight excluding hydrogens is 432 g/mol. The zero-order chi connectivity index (χ0) is 24.0. The Morgan fingerprint density at radius 3 is 1.76 bits per heavy atom. The minimum absolute atomic E-state index is 0.252. The van der Waals surface area contributed by atoms with Gasteiger partial charge < -0.3 is 23.7 Å². The molecule has 9 heteroatoms. The van der Waals surface area contributed by atoms with Crippen molar-refractivity contribution in [1.29, 1.82) is 0 Å². The van der Waals surface area contributed by atoms with Gasteiger partial charge in [-0.25, -0.2) is 9.59 Å². The lowest BCUT2D eigenvalue weighted by Crippen LogP contribution is -2.44. The monoisotopic (exact) mass is 456 g/mol. The molecule has 0 aliphatic carbocycles. The summed E-state index contributed by atoms with van der Waals surface area (Å²) >= 11 is 0. The van der Waals surface area contributed by atoms with Gasteiger partial charge in [0.05, 0.1) is 11.1 Å². The highest BCUT2D eigenvalue weighted by Gasteiger charge is 2.54. The molecule has 1 fully saturated rings. The Morgan fingerprint density at radius 1 is 0.727 bits per heavy atom. The molecule has 174 valence electrons. The zero-order valence-corrected chi connectivity index (χ0v) is 18.3. The van der Waals surface area contributed by atoms with E-state index in [-0.39, 0.29) is 5.56 Å². The van der Waals surface area contributed by atoms with Crippen LogP contribution >= 0.6 is 0 Å². The second kappa shape index (κ2) is 10.7. The van der Waals surface area contributed by atoms with Gasteiger partial charge >= 0.3 is 23.9 Å². The molecule has 9 nitrogen and oxygen atoms in total. The molecule has 0 spiro atoms. The Bertz CT molecular complexity index is 990. The largest absolute Gasteiger partial charge is 0.456 e. The lowest BCUT2D eigenvalue weighted by atomic mass is 10.1. The van der Waals surface area contributed by atoms with E-state index in [1.54, 1.807) is 60.7 Å². The Kier molecular flexibility index (Phi) is 7.78. The molecule has 0 N–H and O–H groups in total. The van der Waals surface area contributed by atoms with Gasteiger partial charge in [-0.1, -0.05) is 36.4 Å². The fourth-order valence-electron chi connectivity index (χ4n) is 3.38. The first-order valence-corrected chi connectivity index (χ1v) is 10.3. The molecule has 1 heterocycles. The van der Waals surface area contributed by atoms with Gasteiger partial charge in [0.1, 0.15) is 12.2 Å². The van der Waals surface area contributed by atoms with Gasteiger partial charge in [0.15, 0.2) is 6.10 Å². The van der Waals surface area contributed by atoms with Crippen molar-refractivity contribution in [3.63, 3.8) is 0 Å². The standard InChI is InChI=1S/C24H24O9/c1-14(29-22(27)17-10-6-4-7-11-17)19-20(32-23(28)18-12-8-5-9-13-18)21(30-15(2)25)24(33-19)31-16(3)26/h4-14,19-21,24H,1-3H3/t14-,19-,20-,21-,24-/m1/s1. The predicted octanol–water partition coefficient (Wildman–Crippen LogP) is 2.68. The normalized spacial score (nSPS) is 22.6. The van der Waals surface area contributed by atoms with E-state index < -0.39 is 54.6 Å². The van der Waals surface area contributed by atoms with E-state index in [4.69, 9.17) is 23.7 Å². The van der Waals surface area contributed by atoms with Crippen LogP contribution in [0.25, 0.3) is 0 Å². The maximum atomic E-state index is 12.7. The smallest absolute Gasteiger partial charge is 0.338 e. The summed E-state index contributed by atoms with van der Waals surface area (Å²) < 4.78 is 27.3. The van der Waals surface area contributed by atoms with Gasteiger partial charge in [-0.3, -0.25) is 9.59 Å². The maximum absolute atomic E-state index is 12.7. The van der Waals surface area contributed by atoms with Crippen molar-refractivity contribution >= 4 is 23.9 Å². The molecule has 5 atom stereocenters. The molecule has 1 aliphatic rings. The molecule has 2 aromatic carbocycles. The van der Waals surface area contributed by atoms with Crippen LogP contribution in [0.3, 0.4) is 0 Å². The van der Waals surface area contributed by atoms with Gasteiger partial charge in [-0.15, -0.1) is 0 Å². The van der Waals surface area contributed by atoms with E-state index in [0.29, 0.717) is 5.56 Å². The highest BCUT2D eigenvalue weighted by atomic mass is 16.8. The van der Waals surface area contributed by atoms with Crippen LogP contribution in [0.4, 0.5) is 0 Å². The molecular formula is C24H24O9.